The average molecular weight is 325 g/mol. The Morgan fingerprint density at radius 3 is 2.52 bits per heavy atom. The smallest absolute Gasteiger partial charge is 0.163 e. The van der Waals surface area contributed by atoms with Crippen molar-refractivity contribution in [2.24, 2.45) is 5.10 Å². The van der Waals surface area contributed by atoms with Gasteiger partial charge in [0.25, 0.3) is 0 Å². The lowest BCUT2D eigenvalue weighted by atomic mass is 10.2. The molecule has 1 heterocycles. The number of benzene rings is 2. The van der Waals surface area contributed by atoms with E-state index < -0.39 is 0 Å². The van der Waals surface area contributed by atoms with Gasteiger partial charge >= 0.3 is 0 Å². The molecule has 114 valence electrons. The van der Waals surface area contributed by atoms with Crippen LogP contribution in [0, 0.1) is 0 Å². The van der Waals surface area contributed by atoms with Crippen molar-refractivity contribution in [2.75, 3.05) is 5.43 Å². The van der Waals surface area contributed by atoms with E-state index in [-0.39, 0.29) is 5.75 Å². The number of hydrazone groups is 1. The molecule has 0 spiro atoms. The number of nitrogens with one attached hydrogen (secondary N) is 1. The van der Waals surface area contributed by atoms with Gasteiger partial charge in [0.2, 0.25) is 0 Å². The molecule has 6 heteroatoms. The van der Waals surface area contributed by atoms with Gasteiger partial charge in [-0.3, -0.25) is 5.43 Å². The van der Waals surface area contributed by atoms with Gasteiger partial charge in [0, 0.05) is 17.2 Å². The lowest BCUT2D eigenvalue weighted by Crippen LogP contribution is -1.97. The molecule has 1 aromatic heterocycles. The number of anilines is 1. The average Bonchev–Trinajstić information content (AvgIpc) is 2.57. The number of phenolic OH excluding ortho intramolecular Hbond substituents is 1. The van der Waals surface area contributed by atoms with Crippen LogP contribution < -0.4 is 5.43 Å². The van der Waals surface area contributed by atoms with Crippen LogP contribution >= 0.6 is 11.6 Å². The van der Waals surface area contributed by atoms with Gasteiger partial charge in [0.15, 0.2) is 11.6 Å². The number of halogens is 1. The van der Waals surface area contributed by atoms with Crippen LogP contribution in [0.1, 0.15) is 5.56 Å². The Balaban J connectivity index is 1.81. The Labute approximate surface area is 138 Å². The topological polar surface area (TPSA) is 70.4 Å². The predicted octanol–water partition coefficient (Wildman–Crippen LogP) is 3.95. The quantitative estimate of drug-likeness (QED) is 0.433. The molecule has 0 amide bonds. The number of aromatic nitrogens is 2. The number of hydrogen-bond acceptors (Lipinski definition) is 5. The van der Waals surface area contributed by atoms with Crippen molar-refractivity contribution in [2.45, 2.75) is 0 Å². The fourth-order valence-electron chi connectivity index (χ4n) is 1.96. The highest BCUT2D eigenvalue weighted by molar-refractivity contribution is 6.29. The van der Waals surface area contributed by atoms with Crippen LogP contribution in [0.3, 0.4) is 0 Å². The van der Waals surface area contributed by atoms with E-state index in [1.165, 1.54) is 6.21 Å². The van der Waals surface area contributed by atoms with Crippen molar-refractivity contribution in [3.05, 3.63) is 71.4 Å². The van der Waals surface area contributed by atoms with E-state index in [4.69, 9.17) is 11.6 Å². The van der Waals surface area contributed by atoms with Crippen molar-refractivity contribution in [1.29, 1.82) is 0 Å². The Hall–Kier alpha value is -2.92. The first-order chi connectivity index (χ1) is 11.2. The predicted molar refractivity (Wildman–Crippen MR) is 91.8 cm³/mol. The first-order valence-electron chi connectivity index (χ1n) is 6.89. The van der Waals surface area contributed by atoms with Gasteiger partial charge < -0.3 is 5.11 Å². The zero-order valence-corrected chi connectivity index (χ0v) is 12.8. The molecular formula is C17H13ClN4O. The molecule has 0 saturated heterocycles. The molecule has 23 heavy (non-hydrogen) atoms. The zero-order chi connectivity index (χ0) is 16.1. The summed E-state index contributed by atoms with van der Waals surface area (Å²) in [6.45, 7) is 0. The van der Waals surface area contributed by atoms with Crippen LogP contribution in [0.15, 0.2) is 65.8 Å². The SMILES string of the molecule is Oc1ccccc1/C=N\Nc1cc(Cl)nc(-c2ccccc2)n1. The van der Waals surface area contributed by atoms with E-state index in [1.807, 2.05) is 36.4 Å². The Morgan fingerprint density at radius 2 is 1.74 bits per heavy atom. The molecule has 0 radical (unpaired) electrons. The van der Waals surface area contributed by atoms with Crippen LogP contribution in [-0.4, -0.2) is 21.3 Å². The van der Waals surface area contributed by atoms with Gasteiger partial charge in [0.1, 0.15) is 10.9 Å². The minimum absolute atomic E-state index is 0.156. The van der Waals surface area contributed by atoms with Gasteiger partial charge in [-0.05, 0) is 12.1 Å². The molecule has 2 aromatic carbocycles. The van der Waals surface area contributed by atoms with Gasteiger partial charge in [0.05, 0.1) is 6.21 Å². The van der Waals surface area contributed by atoms with E-state index in [0.29, 0.717) is 22.4 Å². The number of phenols is 1. The molecule has 0 unspecified atom stereocenters. The molecule has 2 N–H and O–H groups in total. The third kappa shape index (κ3) is 3.84. The molecule has 5 nitrogen and oxygen atoms in total. The van der Waals surface area contributed by atoms with E-state index in [9.17, 15) is 5.11 Å². The number of hydrogen-bond donors (Lipinski definition) is 2. The fraction of sp³-hybridized carbons (Fsp3) is 0. The highest BCUT2D eigenvalue weighted by Crippen LogP contribution is 2.20. The third-order valence-electron chi connectivity index (χ3n) is 3.05. The summed E-state index contributed by atoms with van der Waals surface area (Å²) in [6, 6.07) is 18.0. The summed E-state index contributed by atoms with van der Waals surface area (Å²) in [7, 11) is 0. The summed E-state index contributed by atoms with van der Waals surface area (Å²) in [5, 5.41) is 14.1. The lowest BCUT2D eigenvalue weighted by Gasteiger charge is -2.04. The van der Waals surface area contributed by atoms with Crippen molar-refractivity contribution in [3.8, 4) is 17.1 Å². The normalized spacial score (nSPS) is 10.8. The summed E-state index contributed by atoms with van der Waals surface area (Å²) >= 11 is 6.04. The third-order valence-corrected chi connectivity index (χ3v) is 3.24. The summed E-state index contributed by atoms with van der Waals surface area (Å²) < 4.78 is 0. The molecule has 0 aliphatic rings. The molecule has 0 atom stereocenters. The van der Waals surface area contributed by atoms with E-state index in [2.05, 4.69) is 20.5 Å². The molecule has 0 saturated carbocycles. The summed E-state index contributed by atoms with van der Waals surface area (Å²) in [4.78, 5) is 8.58. The van der Waals surface area contributed by atoms with Crippen molar-refractivity contribution < 1.29 is 5.11 Å². The Bertz CT molecular complexity index is 837. The van der Waals surface area contributed by atoms with Crippen LogP contribution in [0.2, 0.25) is 5.15 Å². The molecule has 0 aliphatic heterocycles. The molecule has 0 bridgehead atoms. The summed E-state index contributed by atoms with van der Waals surface area (Å²) in [6.07, 6.45) is 1.51. The van der Waals surface area contributed by atoms with Crippen LogP contribution in [-0.2, 0) is 0 Å². The van der Waals surface area contributed by atoms with Crippen molar-refractivity contribution in [3.63, 3.8) is 0 Å². The van der Waals surface area contributed by atoms with Gasteiger partial charge in [-0.1, -0.05) is 54.1 Å². The fourth-order valence-corrected chi connectivity index (χ4v) is 2.14. The lowest BCUT2D eigenvalue weighted by molar-refractivity contribution is 0.474. The molecule has 3 rings (SSSR count). The number of para-hydroxylation sites is 1. The van der Waals surface area contributed by atoms with Crippen LogP contribution in [0.4, 0.5) is 5.82 Å². The molecule has 0 fully saturated rings. The van der Waals surface area contributed by atoms with Crippen LogP contribution in [0.5, 0.6) is 5.75 Å². The van der Waals surface area contributed by atoms with E-state index in [1.54, 1.807) is 24.3 Å². The highest BCUT2D eigenvalue weighted by Gasteiger charge is 2.05. The minimum atomic E-state index is 0.156. The van der Waals surface area contributed by atoms with Gasteiger partial charge in [-0.2, -0.15) is 5.10 Å². The number of nitrogens with zero attached hydrogens (tertiary/aromatic N) is 3. The first kappa shape index (κ1) is 15.0. The molecular weight excluding hydrogens is 312 g/mol. The maximum Gasteiger partial charge on any atom is 0.163 e. The minimum Gasteiger partial charge on any atom is -0.507 e. The van der Waals surface area contributed by atoms with E-state index >= 15 is 0 Å². The van der Waals surface area contributed by atoms with Crippen molar-refractivity contribution in [1.82, 2.24) is 9.97 Å². The van der Waals surface area contributed by atoms with Crippen molar-refractivity contribution >= 4 is 23.6 Å². The number of rotatable bonds is 4. The Kier molecular flexibility index (Phi) is 4.49. The van der Waals surface area contributed by atoms with Gasteiger partial charge in [-0.15, -0.1) is 0 Å². The highest BCUT2D eigenvalue weighted by atomic mass is 35.5. The maximum atomic E-state index is 9.68. The number of aromatic hydroxyl groups is 1. The Morgan fingerprint density at radius 1 is 1.00 bits per heavy atom. The van der Waals surface area contributed by atoms with Gasteiger partial charge in [-0.25, -0.2) is 9.97 Å². The molecule has 0 aliphatic carbocycles. The second kappa shape index (κ2) is 6.89. The summed E-state index contributed by atoms with van der Waals surface area (Å²) in [5.41, 5.74) is 4.26. The second-order valence-corrected chi connectivity index (χ2v) is 5.08. The summed E-state index contributed by atoms with van der Waals surface area (Å²) in [5.74, 6) is 1.14. The maximum absolute atomic E-state index is 9.68. The largest absolute Gasteiger partial charge is 0.507 e. The first-order valence-corrected chi connectivity index (χ1v) is 7.27. The zero-order valence-electron chi connectivity index (χ0n) is 12.0. The molecule has 3 aromatic rings. The standard InChI is InChI=1S/C17H13ClN4O/c18-15-10-16(21-17(20-15)12-6-2-1-3-7-12)22-19-11-13-8-4-5-9-14(13)23/h1-11,23H,(H,20,21,22)/b19-11-. The van der Waals surface area contributed by atoms with E-state index in [0.717, 1.165) is 5.56 Å². The second-order valence-electron chi connectivity index (χ2n) is 4.69. The monoisotopic (exact) mass is 324 g/mol. The van der Waals surface area contributed by atoms with Crippen LogP contribution in [0.25, 0.3) is 11.4 Å².